The summed E-state index contributed by atoms with van der Waals surface area (Å²) < 4.78 is 16.5. The van der Waals surface area contributed by atoms with Gasteiger partial charge in [0.25, 0.3) is 0 Å². The number of hydrogen-bond acceptors (Lipinski definition) is 12. The van der Waals surface area contributed by atoms with Crippen LogP contribution in [-0.4, -0.2) is 83.3 Å². The molecule has 9 N–H and O–H groups in total. The maximum Gasteiger partial charge on any atom is 0.229 e. The minimum Gasteiger partial charge on any atom is -0.508 e. The zero-order valence-corrected chi connectivity index (χ0v) is 16.8. The molecule has 12 nitrogen and oxygen atoms in total. The lowest BCUT2D eigenvalue weighted by Crippen LogP contribution is -2.60. The molecule has 0 aliphatic carbocycles. The number of phenols is 4. The Bertz CT molecular complexity index is 1060. The van der Waals surface area contributed by atoms with E-state index in [0.29, 0.717) is 0 Å². The van der Waals surface area contributed by atoms with Crippen molar-refractivity contribution in [3.8, 4) is 34.5 Å². The van der Waals surface area contributed by atoms with E-state index in [0.717, 1.165) is 18.2 Å². The zero-order chi connectivity index (χ0) is 24.0. The fraction of sp³-hybridized carbons (Fsp3) is 0.333. The SMILES string of the molecule is OC[C@@H]1O[C@@H](Oc2cc(O)c3c(c2)OC(c2cc(O)c(O)c(O)c2)C(O)=C3)[C@H](O)[C@@H](O)[C@@H]1O. The number of rotatable bonds is 4. The summed E-state index contributed by atoms with van der Waals surface area (Å²) in [5.74, 6) is -2.86. The summed E-state index contributed by atoms with van der Waals surface area (Å²) in [6.45, 7) is -0.651. The standard InChI is InChI=1S/C21H22O12/c22-6-15-17(28)18(29)19(30)21(33-15)31-8-3-10(23)9-5-13(26)20(32-14(9)4-8)7-1-11(24)16(27)12(25)2-7/h1-5,15,17-30H,6H2/t15-,17+,18-,19+,20?,21+/m0/s1. The molecule has 0 aromatic heterocycles. The smallest absolute Gasteiger partial charge is 0.229 e. The molecule has 0 amide bonds. The first kappa shape index (κ1) is 22.8. The average Bonchev–Trinajstić information content (AvgIpc) is 2.77. The summed E-state index contributed by atoms with van der Waals surface area (Å²) in [6.07, 6.45) is -7.66. The van der Waals surface area contributed by atoms with E-state index >= 15 is 0 Å². The number of fused-ring (bicyclic) bond motifs is 1. The van der Waals surface area contributed by atoms with Crippen molar-refractivity contribution in [2.24, 2.45) is 0 Å². The molecule has 0 spiro atoms. The number of hydrogen-bond donors (Lipinski definition) is 9. The minimum absolute atomic E-state index is 0.00412. The van der Waals surface area contributed by atoms with Crippen LogP contribution >= 0.6 is 0 Å². The second-order valence-electron chi connectivity index (χ2n) is 7.64. The van der Waals surface area contributed by atoms with E-state index in [1.54, 1.807) is 0 Å². The third-order valence-electron chi connectivity index (χ3n) is 5.39. The molecule has 0 bridgehead atoms. The van der Waals surface area contributed by atoms with Crippen molar-refractivity contribution in [1.29, 1.82) is 0 Å². The second kappa shape index (κ2) is 8.50. The lowest BCUT2D eigenvalue weighted by atomic mass is 9.99. The van der Waals surface area contributed by atoms with E-state index in [2.05, 4.69) is 0 Å². The molecule has 178 valence electrons. The third-order valence-corrected chi connectivity index (χ3v) is 5.39. The Morgan fingerprint density at radius 1 is 0.818 bits per heavy atom. The monoisotopic (exact) mass is 466 g/mol. The fourth-order valence-electron chi connectivity index (χ4n) is 3.62. The van der Waals surface area contributed by atoms with Crippen molar-refractivity contribution in [1.82, 2.24) is 0 Å². The molecule has 2 aliphatic rings. The summed E-state index contributed by atoms with van der Waals surface area (Å²) >= 11 is 0. The summed E-state index contributed by atoms with van der Waals surface area (Å²) in [5.41, 5.74) is 0.166. The molecule has 2 aliphatic heterocycles. The van der Waals surface area contributed by atoms with Crippen molar-refractivity contribution >= 4 is 6.08 Å². The van der Waals surface area contributed by atoms with Crippen molar-refractivity contribution in [3.05, 3.63) is 41.2 Å². The Morgan fingerprint density at radius 3 is 2.12 bits per heavy atom. The van der Waals surface area contributed by atoms with Crippen LogP contribution in [0.4, 0.5) is 0 Å². The highest BCUT2D eigenvalue weighted by Gasteiger charge is 2.45. The topological polar surface area (TPSA) is 210 Å². The summed E-state index contributed by atoms with van der Waals surface area (Å²) in [5, 5.41) is 89.0. The molecule has 0 saturated carbocycles. The van der Waals surface area contributed by atoms with Crippen LogP contribution in [0, 0.1) is 0 Å². The summed E-state index contributed by atoms with van der Waals surface area (Å²) in [7, 11) is 0. The molecule has 2 aromatic rings. The molecule has 1 unspecified atom stereocenters. The van der Waals surface area contributed by atoms with Gasteiger partial charge in [-0.15, -0.1) is 0 Å². The Balaban J connectivity index is 1.63. The lowest BCUT2D eigenvalue weighted by Gasteiger charge is -2.39. The van der Waals surface area contributed by atoms with Crippen LogP contribution in [-0.2, 0) is 4.74 Å². The van der Waals surface area contributed by atoms with Gasteiger partial charge in [-0.3, -0.25) is 0 Å². The first-order valence-corrected chi connectivity index (χ1v) is 9.77. The lowest BCUT2D eigenvalue weighted by molar-refractivity contribution is -0.277. The van der Waals surface area contributed by atoms with Crippen molar-refractivity contribution in [2.75, 3.05) is 6.61 Å². The number of aliphatic hydroxyl groups is 5. The molecule has 12 heteroatoms. The molecule has 33 heavy (non-hydrogen) atoms. The van der Waals surface area contributed by atoms with Crippen LogP contribution in [0.2, 0.25) is 0 Å². The molecule has 4 rings (SSSR count). The Hall–Kier alpha value is -3.42. The Morgan fingerprint density at radius 2 is 1.48 bits per heavy atom. The van der Waals surface area contributed by atoms with Gasteiger partial charge < -0.3 is 60.2 Å². The van der Waals surface area contributed by atoms with E-state index in [-0.39, 0.29) is 34.1 Å². The fourth-order valence-corrected chi connectivity index (χ4v) is 3.62. The van der Waals surface area contributed by atoms with Gasteiger partial charge in [-0.25, -0.2) is 0 Å². The Labute approximate surface area is 186 Å². The zero-order valence-electron chi connectivity index (χ0n) is 16.8. The minimum atomic E-state index is -1.68. The van der Waals surface area contributed by atoms with Gasteiger partial charge in [-0.1, -0.05) is 0 Å². The van der Waals surface area contributed by atoms with E-state index in [1.165, 1.54) is 12.1 Å². The predicted molar refractivity (Wildman–Crippen MR) is 108 cm³/mol. The van der Waals surface area contributed by atoms with Gasteiger partial charge in [-0.2, -0.15) is 0 Å². The number of phenolic OH excluding ortho intramolecular Hbond substituents is 4. The predicted octanol–water partition coefficient (Wildman–Crippen LogP) is -0.280. The maximum absolute atomic E-state index is 10.4. The van der Waals surface area contributed by atoms with Gasteiger partial charge in [0.05, 0.1) is 12.2 Å². The molecule has 2 aromatic carbocycles. The van der Waals surface area contributed by atoms with E-state index < -0.39 is 60.7 Å². The van der Waals surface area contributed by atoms with E-state index in [9.17, 15) is 46.0 Å². The van der Waals surface area contributed by atoms with Crippen LogP contribution in [0.5, 0.6) is 34.5 Å². The van der Waals surface area contributed by atoms with E-state index in [4.69, 9.17) is 14.2 Å². The van der Waals surface area contributed by atoms with Crippen LogP contribution in [0.15, 0.2) is 30.0 Å². The van der Waals surface area contributed by atoms with Gasteiger partial charge in [0.2, 0.25) is 6.29 Å². The number of benzene rings is 2. The maximum atomic E-state index is 10.4. The van der Waals surface area contributed by atoms with Gasteiger partial charge >= 0.3 is 0 Å². The van der Waals surface area contributed by atoms with Crippen LogP contribution < -0.4 is 9.47 Å². The molecule has 1 fully saturated rings. The normalized spacial score (nSPS) is 29.0. The van der Waals surface area contributed by atoms with Gasteiger partial charge in [0.1, 0.15) is 47.4 Å². The van der Waals surface area contributed by atoms with Crippen LogP contribution in [0.1, 0.15) is 17.2 Å². The first-order chi connectivity index (χ1) is 15.6. The molecule has 1 saturated heterocycles. The largest absolute Gasteiger partial charge is 0.508 e. The average molecular weight is 466 g/mol. The number of ether oxygens (including phenoxy) is 3. The first-order valence-electron chi connectivity index (χ1n) is 9.77. The third kappa shape index (κ3) is 4.05. The van der Waals surface area contributed by atoms with Crippen molar-refractivity contribution in [3.63, 3.8) is 0 Å². The Kier molecular flexibility index (Phi) is 5.86. The second-order valence-corrected chi connectivity index (χ2v) is 7.64. The molecular formula is C21H22O12. The summed E-state index contributed by atoms with van der Waals surface area (Å²) in [4.78, 5) is 0. The number of aliphatic hydroxyl groups excluding tert-OH is 5. The van der Waals surface area contributed by atoms with Gasteiger partial charge in [0, 0.05) is 17.7 Å². The van der Waals surface area contributed by atoms with E-state index in [1.807, 2.05) is 0 Å². The van der Waals surface area contributed by atoms with Crippen molar-refractivity contribution < 1.29 is 60.2 Å². The van der Waals surface area contributed by atoms with Crippen LogP contribution in [0.3, 0.4) is 0 Å². The highest BCUT2D eigenvalue weighted by atomic mass is 16.7. The molecule has 2 heterocycles. The quantitative estimate of drug-likeness (QED) is 0.266. The molecule has 6 atom stereocenters. The molecule has 0 radical (unpaired) electrons. The van der Waals surface area contributed by atoms with Crippen molar-refractivity contribution in [2.45, 2.75) is 36.8 Å². The van der Waals surface area contributed by atoms with Crippen LogP contribution in [0.25, 0.3) is 6.08 Å². The highest BCUT2D eigenvalue weighted by molar-refractivity contribution is 5.70. The number of aromatic hydroxyl groups is 4. The summed E-state index contributed by atoms with van der Waals surface area (Å²) in [6, 6.07) is 4.56. The molecular weight excluding hydrogens is 444 g/mol. The van der Waals surface area contributed by atoms with Gasteiger partial charge in [0.15, 0.2) is 23.4 Å². The van der Waals surface area contributed by atoms with Gasteiger partial charge in [-0.05, 0) is 18.2 Å². The highest BCUT2D eigenvalue weighted by Crippen LogP contribution is 2.45.